The predicted octanol–water partition coefficient (Wildman–Crippen LogP) is 3.67. The third-order valence-electron chi connectivity index (χ3n) is 8.16. The summed E-state index contributed by atoms with van der Waals surface area (Å²) in [4.78, 5) is 12.9. The summed E-state index contributed by atoms with van der Waals surface area (Å²) in [6.07, 6.45) is 6.53. The van der Waals surface area contributed by atoms with Gasteiger partial charge in [-0.3, -0.25) is 4.79 Å². The lowest BCUT2D eigenvalue weighted by Crippen LogP contribution is -2.47. The molecule has 27 heavy (non-hydrogen) atoms. The summed E-state index contributed by atoms with van der Waals surface area (Å²) in [6, 6.07) is 5.63. The lowest BCUT2D eigenvalue weighted by atomic mass is 9.69. The van der Waals surface area contributed by atoms with E-state index in [2.05, 4.69) is 26.1 Å². The van der Waals surface area contributed by atoms with Crippen molar-refractivity contribution < 1.29 is 13.2 Å². The lowest BCUT2D eigenvalue weighted by Gasteiger charge is -2.39. The van der Waals surface area contributed by atoms with Gasteiger partial charge in [-0.15, -0.1) is 0 Å². The minimum atomic E-state index is -3.42. The number of amides is 1. The van der Waals surface area contributed by atoms with E-state index in [0.29, 0.717) is 10.8 Å². The maximum atomic E-state index is 12.7. The van der Waals surface area contributed by atoms with Crippen molar-refractivity contribution in [1.82, 2.24) is 5.32 Å². The summed E-state index contributed by atoms with van der Waals surface area (Å²) in [5.74, 6) is 0.408. The minimum Gasteiger partial charge on any atom is -0.353 e. The van der Waals surface area contributed by atoms with Crippen molar-refractivity contribution in [3.8, 4) is 0 Å². The Morgan fingerprint density at radius 2 is 1.93 bits per heavy atom. The van der Waals surface area contributed by atoms with Crippen molar-refractivity contribution in [2.75, 3.05) is 5.75 Å². The Hall–Kier alpha value is -1.36. The minimum absolute atomic E-state index is 0.0388. The number of fused-ring (bicyclic) bond motifs is 3. The molecule has 0 unspecified atom stereocenters. The van der Waals surface area contributed by atoms with Crippen LogP contribution in [0.3, 0.4) is 0 Å². The van der Waals surface area contributed by atoms with Crippen LogP contribution in [0.1, 0.15) is 64.0 Å². The van der Waals surface area contributed by atoms with Gasteiger partial charge in [0, 0.05) is 12.5 Å². The second kappa shape index (κ2) is 6.33. The van der Waals surface area contributed by atoms with E-state index in [1.54, 1.807) is 6.07 Å². The predicted molar refractivity (Wildman–Crippen MR) is 106 cm³/mol. The molecule has 2 saturated carbocycles. The smallest absolute Gasteiger partial charge is 0.221 e. The van der Waals surface area contributed by atoms with Gasteiger partial charge in [0.1, 0.15) is 0 Å². The number of nitrogens with one attached hydrogen (secondary N) is 1. The third kappa shape index (κ3) is 3.02. The van der Waals surface area contributed by atoms with Crippen LogP contribution in [-0.2, 0) is 27.5 Å². The number of benzene rings is 1. The molecule has 0 saturated heterocycles. The van der Waals surface area contributed by atoms with Gasteiger partial charge in [0.15, 0.2) is 9.84 Å². The van der Waals surface area contributed by atoms with Gasteiger partial charge in [0.05, 0.1) is 10.6 Å². The molecule has 1 aromatic rings. The Kier molecular flexibility index (Phi) is 4.45. The van der Waals surface area contributed by atoms with E-state index in [1.807, 2.05) is 12.1 Å². The molecule has 1 N–H and O–H groups in total. The van der Waals surface area contributed by atoms with Crippen LogP contribution in [-0.4, -0.2) is 26.1 Å². The molecule has 1 amide bonds. The zero-order valence-corrected chi connectivity index (χ0v) is 17.5. The molecule has 2 fully saturated rings. The fraction of sp³-hybridized carbons (Fsp3) is 0.682. The Morgan fingerprint density at radius 1 is 1.19 bits per heavy atom. The molecule has 0 aliphatic heterocycles. The highest BCUT2D eigenvalue weighted by molar-refractivity contribution is 7.91. The van der Waals surface area contributed by atoms with Crippen LogP contribution in [0.25, 0.3) is 0 Å². The van der Waals surface area contributed by atoms with Gasteiger partial charge in [-0.2, -0.15) is 0 Å². The Morgan fingerprint density at radius 3 is 2.59 bits per heavy atom. The Labute approximate surface area is 163 Å². The van der Waals surface area contributed by atoms with Crippen LogP contribution in [0.4, 0.5) is 0 Å². The Balaban J connectivity index is 1.38. The van der Waals surface area contributed by atoms with Crippen LogP contribution in [0, 0.1) is 16.7 Å². The number of rotatable bonds is 5. The standard InChI is InChI=1S/C22H31NO3S/c1-21(2)17-9-11-22(21,3)19(14-17)23-20(24)10-12-27(25,26)18-8-7-15-5-4-6-16(15)13-18/h7-8,13,17,19H,4-6,9-12,14H2,1-3H3,(H,23,24)/t17-,19+,22-/m0/s1. The van der Waals surface area contributed by atoms with Crippen molar-refractivity contribution in [2.24, 2.45) is 16.7 Å². The summed E-state index contributed by atoms with van der Waals surface area (Å²) < 4.78 is 25.4. The molecular formula is C22H31NO3S. The van der Waals surface area contributed by atoms with E-state index in [0.717, 1.165) is 37.7 Å². The summed E-state index contributed by atoms with van der Waals surface area (Å²) in [5.41, 5.74) is 2.77. The molecule has 1 aromatic carbocycles. The zero-order valence-electron chi connectivity index (χ0n) is 16.7. The number of hydrogen-bond acceptors (Lipinski definition) is 3. The largest absolute Gasteiger partial charge is 0.353 e. The second-order valence-electron chi connectivity index (χ2n) is 9.58. The maximum Gasteiger partial charge on any atom is 0.221 e. The first kappa shape index (κ1) is 19.0. The quantitative estimate of drug-likeness (QED) is 0.836. The molecular weight excluding hydrogens is 358 g/mol. The number of hydrogen-bond donors (Lipinski definition) is 1. The van der Waals surface area contributed by atoms with E-state index in [-0.39, 0.29) is 35.0 Å². The van der Waals surface area contributed by atoms with E-state index in [1.165, 1.54) is 12.0 Å². The molecule has 3 aliphatic rings. The van der Waals surface area contributed by atoms with Gasteiger partial charge in [0.2, 0.25) is 5.91 Å². The summed E-state index contributed by atoms with van der Waals surface area (Å²) in [6.45, 7) is 6.91. The molecule has 2 bridgehead atoms. The van der Waals surface area contributed by atoms with Gasteiger partial charge in [-0.05, 0) is 78.5 Å². The Bertz CT molecular complexity index is 874. The van der Waals surface area contributed by atoms with Crippen LogP contribution in [0.5, 0.6) is 0 Å². The van der Waals surface area contributed by atoms with Crippen molar-refractivity contribution in [3.63, 3.8) is 0 Å². The van der Waals surface area contributed by atoms with E-state index in [9.17, 15) is 13.2 Å². The summed E-state index contributed by atoms with van der Waals surface area (Å²) >= 11 is 0. The van der Waals surface area contributed by atoms with Crippen molar-refractivity contribution in [2.45, 2.75) is 76.7 Å². The molecule has 0 radical (unpaired) electrons. The normalized spacial score (nSPS) is 31.1. The molecule has 3 atom stereocenters. The summed E-state index contributed by atoms with van der Waals surface area (Å²) in [7, 11) is -3.42. The number of carbonyl (C=O) groups excluding carboxylic acids is 1. The molecule has 148 valence electrons. The number of carbonyl (C=O) groups is 1. The molecule has 4 rings (SSSR count). The van der Waals surface area contributed by atoms with E-state index >= 15 is 0 Å². The van der Waals surface area contributed by atoms with Gasteiger partial charge in [-0.25, -0.2) is 8.42 Å². The maximum absolute atomic E-state index is 12.7. The number of sulfone groups is 1. The number of aryl methyl sites for hydroxylation is 2. The topological polar surface area (TPSA) is 63.2 Å². The van der Waals surface area contributed by atoms with Crippen LogP contribution >= 0.6 is 0 Å². The van der Waals surface area contributed by atoms with E-state index in [4.69, 9.17) is 0 Å². The van der Waals surface area contributed by atoms with Crippen molar-refractivity contribution in [1.29, 1.82) is 0 Å². The highest BCUT2D eigenvalue weighted by Crippen LogP contribution is 2.65. The van der Waals surface area contributed by atoms with Crippen molar-refractivity contribution in [3.05, 3.63) is 29.3 Å². The molecule has 3 aliphatic carbocycles. The van der Waals surface area contributed by atoms with Crippen LogP contribution in [0.15, 0.2) is 23.1 Å². The lowest BCUT2D eigenvalue weighted by molar-refractivity contribution is -0.122. The first-order valence-electron chi connectivity index (χ1n) is 10.3. The van der Waals surface area contributed by atoms with Gasteiger partial charge in [-0.1, -0.05) is 26.8 Å². The van der Waals surface area contributed by atoms with Crippen molar-refractivity contribution >= 4 is 15.7 Å². The van der Waals surface area contributed by atoms with Crippen LogP contribution in [0.2, 0.25) is 0 Å². The van der Waals surface area contributed by atoms with Gasteiger partial charge < -0.3 is 5.32 Å². The first-order chi connectivity index (χ1) is 12.6. The fourth-order valence-electron chi connectivity index (χ4n) is 5.78. The van der Waals surface area contributed by atoms with E-state index < -0.39 is 9.84 Å². The van der Waals surface area contributed by atoms with Gasteiger partial charge in [0.25, 0.3) is 0 Å². The second-order valence-corrected chi connectivity index (χ2v) is 11.7. The van der Waals surface area contributed by atoms with Gasteiger partial charge >= 0.3 is 0 Å². The van der Waals surface area contributed by atoms with Crippen LogP contribution < -0.4 is 5.32 Å². The first-order valence-corrected chi connectivity index (χ1v) is 11.9. The average molecular weight is 390 g/mol. The average Bonchev–Trinajstić information content (AvgIpc) is 3.22. The molecule has 4 nitrogen and oxygen atoms in total. The SMILES string of the molecule is CC1(C)[C@H]2CC[C@@]1(C)[C@H](NC(=O)CCS(=O)(=O)c1ccc3c(c1)CCC3)C2. The highest BCUT2D eigenvalue weighted by Gasteiger charge is 2.61. The summed E-state index contributed by atoms with van der Waals surface area (Å²) in [5, 5.41) is 3.17. The molecule has 0 heterocycles. The molecule has 0 spiro atoms. The molecule has 5 heteroatoms. The fourth-order valence-corrected chi connectivity index (χ4v) is 7.06. The highest BCUT2D eigenvalue weighted by atomic mass is 32.2. The molecule has 0 aromatic heterocycles. The third-order valence-corrected chi connectivity index (χ3v) is 9.87. The zero-order chi connectivity index (χ0) is 19.4. The monoisotopic (exact) mass is 389 g/mol.